The quantitative estimate of drug-likeness (QED) is 0.834. The number of amides is 1. The van der Waals surface area contributed by atoms with E-state index in [4.69, 9.17) is 10.5 Å². The number of rotatable bonds is 3. The van der Waals surface area contributed by atoms with E-state index in [1.807, 2.05) is 0 Å². The van der Waals surface area contributed by atoms with Gasteiger partial charge in [0.05, 0.1) is 0 Å². The normalized spacial score (nSPS) is 30.2. The zero-order chi connectivity index (χ0) is 13.0. The van der Waals surface area contributed by atoms with Crippen molar-refractivity contribution in [1.82, 2.24) is 5.32 Å². The van der Waals surface area contributed by atoms with E-state index in [2.05, 4.69) is 12.2 Å². The number of nitrogens with two attached hydrogens (primary N) is 1. The molecule has 0 spiro atoms. The molecule has 1 saturated heterocycles. The average molecular weight is 291 g/mol. The van der Waals surface area contributed by atoms with Crippen LogP contribution in [-0.2, 0) is 9.53 Å². The van der Waals surface area contributed by atoms with Crippen molar-refractivity contribution >= 4 is 18.3 Å². The maximum absolute atomic E-state index is 12.2. The Bertz CT molecular complexity index is 283. The van der Waals surface area contributed by atoms with E-state index in [1.54, 1.807) is 0 Å². The van der Waals surface area contributed by atoms with Gasteiger partial charge in [-0.15, -0.1) is 12.4 Å². The van der Waals surface area contributed by atoms with E-state index in [0.717, 1.165) is 51.7 Å². The van der Waals surface area contributed by atoms with Crippen molar-refractivity contribution in [2.75, 3.05) is 13.2 Å². The molecule has 3 atom stereocenters. The third-order valence-corrected chi connectivity index (χ3v) is 4.43. The maximum Gasteiger partial charge on any atom is 0.223 e. The summed E-state index contributed by atoms with van der Waals surface area (Å²) < 4.78 is 5.36. The fourth-order valence-electron chi connectivity index (χ4n) is 3.14. The summed E-state index contributed by atoms with van der Waals surface area (Å²) in [6.45, 7) is 3.79. The number of carbonyl (C=O) groups excluding carboxylic acids is 1. The molecule has 2 fully saturated rings. The standard InChI is InChI=1S/C14H26N2O2.ClH/c1-10(11-5-7-18-8-6-11)16-14(17)12-3-2-4-13(15)9-12;/h10-13H,2-9,15H2,1H3,(H,16,17);1H. The molecular weight excluding hydrogens is 264 g/mol. The Labute approximate surface area is 122 Å². The van der Waals surface area contributed by atoms with Gasteiger partial charge in [-0.25, -0.2) is 0 Å². The van der Waals surface area contributed by atoms with Gasteiger partial charge in [0.15, 0.2) is 0 Å². The van der Waals surface area contributed by atoms with Crippen LogP contribution in [0.15, 0.2) is 0 Å². The molecule has 112 valence electrons. The predicted octanol–water partition coefficient (Wildman–Crippen LogP) is 1.86. The molecule has 1 amide bonds. The zero-order valence-electron chi connectivity index (χ0n) is 11.8. The van der Waals surface area contributed by atoms with Crippen molar-refractivity contribution in [1.29, 1.82) is 0 Å². The topological polar surface area (TPSA) is 64.4 Å². The number of halogens is 1. The van der Waals surface area contributed by atoms with Crippen molar-refractivity contribution in [3.63, 3.8) is 0 Å². The lowest BCUT2D eigenvalue weighted by molar-refractivity contribution is -0.127. The van der Waals surface area contributed by atoms with Crippen LogP contribution >= 0.6 is 12.4 Å². The van der Waals surface area contributed by atoms with Gasteiger partial charge in [-0.2, -0.15) is 0 Å². The minimum absolute atomic E-state index is 0. The van der Waals surface area contributed by atoms with Crippen molar-refractivity contribution in [3.05, 3.63) is 0 Å². The van der Waals surface area contributed by atoms with Gasteiger partial charge in [-0.1, -0.05) is 6.42 Å². The molecule has 0 radical (unpaired) electrons. The van der Waals surface area contributed by atoms with E-state index in [-0.39, 0.29) is 36.3 Å². The Morgan fingerprint density at radius 3 is 2.58 bits per heavy atom. The van der Waals surface area contributed by atoms with E-state index in [9.17, 15) is 4.79 Å². The second-order valence-corrected chi connectivity index (χ2v) is 5.87. The number of ether oxygens (including phenoxy) is 1. The van der Waals surface area contributed by atoms with Gasteiger partial charge < -0.3 is 15.8 Å². The van der Waals surface area contributed by atoms with Crippen LogP contribution in [-0.4, -0.2) is 31.2 Å². The van der Waals surface area contributed by atoms with E-state index < -0.39 is 0 Å². The molecule has 1 saturated carbocycles. The van der Waals surface area contributed by atoms with Crippen LogP contribution in [0.5, 0.6) is 0 Å². The fraction of sp³-hybridized carbons (Fsp3) is 0.929. The number of hydrogen-bond donors (Lipinski definition) is 2. The third-order valence-electron chi connectivity index (χ3n) is 4.43. The molecule has 5 heteroatoms. The zero-order valence-corrected chi connectivity index (χ0v) is 12.6. The lowest BCUT2D eigenvalue weighted by atomic mass is 9.85. The molecule has 2 rings (SSSR count). The van der Waals surface area contributed by atoms with Crippen LogP contribution in [0.1, 0.15) is 45.4 Å². The molecule has 4 nitrogen and oxygen atoms in total. The Kier molecular flexibility index (Phi) is 7.11. The first kappa shape index (κ1) is 16.7. The first-order chi connectivity index (χ1) is 8.66. The van der Waals surface area contributed by atoms with Gasteiger partial charge in [-0.05, 0) is 44.9 Å². The van der Waals surface area contributed by atoms with E-state index >= 15 is 0 Å². The third kappa shape index (κ3) is 4.93. The first-order valence-electron chi connectivity index (χ1n) is 7.30. The van der Waals surface area contributed by atoms with E-state index in [1.165, 1.54) is 0 Å². The van der Waals surface area contributed by atoms with Crippen LogP contribution in [0, 0.1) is 11.8 Å². The molecule has 3 N–H and O–H groups in total. The lowest BCUT2D eigenvalue weighted by Crippen LogP contribution is -2.45. The Hall–Kier alpha value is -0.320. The summed E-state index contributed by atoms with van der Waals surface area (Å²) in [7, 11) is 0. The minimum atomic E-state index is 0. The van der Waals surface area contributed by atoms with Crippen molar-refractivity contribution < 1.29 is 9.53 Å². The molecule has 0 aromatic carbocycles. The molecule has 0 bridgehead atoms. The summed E-state index contributed by atoms with van der Waals surface area (Å²) in [5.41, 5.74) is 5.94. The van der Waals surface area contributed by atoms with Gasteiger partial charge in [0.2, 0.25) is 5.91 Å². The highest BCUT2D eigenvalue weighted by Crippen LogP contribution is 2.24. The van der Waals surface area contributed by atoms with Crippen molar-refractivity contribution in [2.24, 2.45) is 17.6 Å². The van der Waals surface area contributed by atoms with Gasteiger partial charge in [-0.3, -0.25) is 4.79 Å². The van der Waals surface area contributed by atoms with Crippen LogP contribution in [0.3, 0.4) is 0 Å². The van der Waals surface area contributed by atoms with Crippen LogP contribution in [0.4, 0.5) is 0 Å². The highest BCUT2D eigenvalue weighted by molar-refractivity contribution is 5.85. The highest BCUT2D eigenvalue weighted by atomic mass is 35.5. The Morgan fingerprint density at radius 2 is 1.95 bits per heavy atom. The molecule has 1 heterocycles. The van der Waals surface area contributed by atoms with Crippen LogP contribution in [0.2, 0.25) is 0 Å². The number of hydrogen-bond acceptors (Lipinski definition) is 3. The molecule has 19 heavy (non-hydrogen) atoms. The number of carbonyl (C=O) groups is 1. The van der Waals surface area contributed by atoms with Gasteiger partial charge in [0, 0.05) is 31.2 Å². The molecule has 0 aromatic heterocycles. The predicted molar refractivity (Wildman–Crippen MR) is 78.3 cm³/mol. The smallest absolute Gasteiger partial charge is 0.223 e. The van der Waals surface area contributed by atoms with Crippen molar-refractivity contribution in [2.45, 2.75) is 57.5 Å². The summed E-state index contributed by atoms with van der Waals surface area (Å²) in [5.74, 6) is 0.917. The number of nitrogens with one attached hydrogen (secondary N) is 1. The molecular formula is C14H27ClN2O2. The average Bonchev–Trinajstić information content (AvgIpc) is 2.39. The van der Waals surface area contributed by atoms with E-state index in [0.29, 0.717) is 5.92 Å². The first-order valence-corrected chi connectivity index (χ1v) is 7.30. The molecule has 3 unspecified atom stereocenters. The van der Waals surface area contributed by atoms with Gasteiger partial charge >= 0.3 is 0 Å². The molecule has 2 aliphatic rings. The largest absolute Gasteiger partial charge is 0.381 e. The Morgan fingerprint density at radius 1 is 1.26 bits per heavy atom. The minimum Gasteiger partial charge on any atom is -0.381 e. The Balaban J connectivity index is 0.00000180. The van der Waals surface area contributed by atoms with Crippen molar-refractivity contribution in [3.8, 4) is 0 Å². The second kappa shape index (κ2) is 8.08. The summed E-state index contributed by atoms with van der Waals surface area (Å²) in [5, 5.41) is 3.19. The molecule has 1 aliphatic carbocycles. The summed E-state index contributed by atoms with van der Waals surface area (Å²) >= 11 is 0. The molecule has 1 aliphatic heterocycles. The highest BCUT2D eigenvalue weighted by Gasteiger charge is 2.28. The SMILES string of the molecule is CC(NC(=O)C1CCCC(N)C1)C1CCOCC1.Cl. The van der Waals surface area contributed by atoms with Crippen LogP contribution < -0.4 is 11.1 Å². The summed E-state index contributed by atoms with van der Waals surface area (Å²) in [6, 6.07) is 0.479. The maximum atomic E-state index is 12.2. The molecule has 0 aromatic rings. The van der Waals surface area contributed by atoms with Gasteiger partial charge in [0.25, 0.3) is 0 Å². The summed E-state index contributed by atoms with van der Waals surface area (Å²) in [4.78, 5) is 12.2. The summed E-state index contributed by atoms with van der Waals surface area (Å²) in [6.07, 6.45) is 6.13. The van der Waals surface area contributed by atoms with Gasteiger partial charge in [0.1, 0.15) is 0 Å². The van der Waals surface area contributed by atoms with Crippen LogP contribution in [0.25, 0.3) is 0 Å². The lowest BCUT2D eigenvalue weighted by Gasteiger charge is -2.31. The monoisotopic (exact) mass is 290 g/mol. The fourth-order valence-corrected chi connectivity index (χ4v) is 3.14. The second-order valence-electron chi connectivity index (χ2n) is 5.87.